The molecule has 0 fully saturated rings. The number of nitro benzene ring substituents is 1. The Kier molecular flexibility index (Phi) is 8.81. The standard InChI is InChI=1S/C34H29NO3P2/c36-34(28-14-13-15-29(26-28)35(37)38)27-40(32-20-9-3-10-21-32,33-22-11-4-12-23-33)25-24-39(30-16-5-1-6-17-30)31-18-7-2-8-19-31/h1-23,26-27H,24-25H2. The van der Waals surface area contributed by atoms with Crippen molar-refractivity contribution in [2.24, 2.45) is 0 Å². The van der Waals surface area contributed by atoms with E-state index in [2.05, 4.69) is 72.8 Å². The first-order valence-electron chi connectivity index (χ1n) is 13.1. The summed E-state index contributed by atoms with van der Waals surface area (Å²) in [5.74, 6) is 1.70. The molecule has 40 heavy (non-hydrogen) atoms. The first kappa shape index (κ1) is 27.5. The molecular weight excluding hydrogens is 532 g/mol. The van der Waals surface area contributed by atoms with E-state index >= 15 is 0 Å². The lowest BCUT2D eigenvalue weighted by atomic mass is 10.1. The topological polar surface area (TPSA) is 60.2 Å². The Bertz CT molecular complexity index is 1560. The second-order valence-electron chi connectivity index (χ2n) is 9.39. The van der Waals surface area contributed by atoms with E-state index in [4.69, 9.17) is 0 Å². The van der Waals surface area contributed by atoms with Crippen LogP contribution in [0.3, 0.4) is 0 Å². The SMILES string of the molecule is O=C(C=P(CCP(c1ccccc1)c1ccccc1)(c1ccccc1)c1ccccc1)c1cccc([N+](=O)[O-])c1. The summed E-state index contributed by atoms with van der Waals surface area (Å²) in [5.41, 5.74) is 0.248. The number of hydrogen-bond donors (Lipinski definition) is 0. The molecule has 0 aliphatic heterocycles. The molecule has 0 N–H and O–H groups in total. The number of benzene rings is 5. The van der Waals surface area contributed by atoms with E-state index in [-0.39, 0.29) is 11.5 Å². The molecule has 0 saturated carbocycles. The van der Waals surface area contributed by atoms with Crippen LogP contribution >= 0.6 is 14.8 Å². The van der Waals surface area contributed by atoms with Crippen LogP contribution in [0.15, 0.2) is 146 Å². The molecule has 6 heteroatoms. The Morgan fingerprint density at radius 2 is 1.15 bits per heavy atom. The average Bonchev–Trinajstić information content (AvgIpc) is 3.02. The fourth-order valence-electron chi connectivity index (χ4n) is 4.94. The van der Waals surface area contributed by atoms with Crippen LogP contribution in [0.25, 0.3) is 0 Å². The molecule has 0 aliphatic carbocycles. The number of ketones is 1. The molecule has 5 rings (SSSR count). The molecule has 0 unspecified atom stereocenters. The number of carbonyl (C=O) groups is 1. The molecule has 0 spiro atoms. The first-order chi connectivity index (χ1) is 19.6. The highest BCUT2D eigenvalue weighted by Gasteiger charge is 2.27. The zero-order chi connectivity index (χ0) is 27.8. The highest BCUT2D eigenvalue weighted by atomic mass is 31.2. The van der Waals surface area contributed by atoms with Gasteiger partial charge in [-0.1, -0.05) is 133 Å². The van der Waals surface area contributed by atoms with Gasteiger partial charge < -0.3 is 0 Å². The van der Waals surface area contributed by atoms with Crippen molar-refractivity contribution in [3.63, 3.8) is 0 Å². The number of non-ortho nitro benzene ring substituents is 1. The van der Waals surface area contributed by atoms with Gasteiger partial charge in [-0.3, -0.25) is 14.9 Å². The van der Waals surface area contributed by atoms with E-state index in [1.807, 2.05) is 54.3 Å². The third-order valence-corrected chi connectivity index (χ3v) is 13.8. The van der Waals surface area contributed by atoms with Crippen molar-refractivity contribution >= 4 is 53.3 Å². The zero-order valence-corrected chi connectivity index (χ0v) is 23.7. The van der Waals surface area contributed by atoms with Crippen LogP contribution in [0.2, 0.25) is 0 Å². The summed E-state index contributed by atoms with van der Waals surface area (Å²) in [7, 11) is -0.682. The maximum Gasteiger partial charge on any atom is 0.270 e. The molecule has 4 nitrogen and oxygen atoms in total. The predicted molar refractivity (Wildman–Crippen MR) is 171 cm³/mol. The molecule has 0 bridgehead atoms. The Labute approximate surface area is 236 Å². The summed E-state index contributed by atoms with van der Waals surface area (Å²) >= 11 is 0. The van der Waals surface area contributed by atoms with Gasteiger partial charge in [-0.05, 0) is 54.1 Å². The number of Topliss-reactive ketones (excluding diaryl/α,β-unsaturated/α-hetero) is 1. The number of nitro groups is 1. The van der Waals surface area contributed by atoms with Gasteiger partial charge in [0.1, 0.15) is 0 Å². The van der Waals surface area contributed by atoms with E-state index in [0.717, 1.165) is 22.9 Å². The number of nitrogens with zero attached hydrogens (tertiary/aromatic N) is 1. The maximum absolute atomic E-state index is 13.9. The van der Waals surface area contributed by atoms with Gasteiger partial charge in [0.2, 0.25) is 0 Å². The third kappa shape index (κ3) is 6.20. The van der Waals surface area contributed by atoms with Gasteiger partial charge in [0.15, 0.2) is 5.78 Å². The second kappa shape index (κ2) is 12.8. The number of hydrogen-bond acceptors (Lipinski definition) is 3. The molecule has 5 aromatic rings. The van der Waals surface area contributed by atoms with Gasteiger partial charge >= 0.3 is 0 Å². The zero-order valence-electron chi connectivity index (χ0n) is 21.9. The van der Waals surface area contributed by atoms with Crippen LogP contribution in [-0.4, -0.2) is 28.8 Å². The largest absolute Gasteiger partial charge is 0.289 e. The lowest BCUT2D eigenvalue weighted by Crippen LogP contribution is -2.26. The minimum absolute atomic E-state index is 0.0840. The average molecular weight is 562 g/mol. The summed E-state index contributed by atoms with van der Waals surface area (Å²) in [5, 5.41) is 16.3. The van der Waals surface area contributed by atoms with Crippen LogP contribution in [0.1, 0.15) is 10.4 Å². The molecule has 0 amide bonds. The van der Waals surface area contributed by atoms with Gasteiger partial charge in [0.25, 0.3) is 5.69 Å². The maximum atomic E-state index is 13.9. The van der Waals surface area contributed by atoms with Crippen molar-refractivity contribution in [1.29, 1.82) is 0 Å². The molecule has 5 aromatic carbocycles. The van der Waals surface area contributed by atoms with E-state index in [9.17, 15) is 14.9 Å². The second-order valence-corrected chi connectivity index (χ2v) is 15.2. The summed E-state index contributed by atoms with van der Waals surface area (Å²) < 4.78 is 0. The highest BCUT2D eigenvalue weighted by molar-refractivity contribution is 7.90. The van der Waals surface area contributed by atoms with Crippen molar-refractivity contribution in [3.05, 3.63) is 161 Å². The number of carbonyl (C=O) groups excluding carboxylic acids is 1. The Morgan fingerprint density at radius 1 is 0.675 bits per heavy atom. The predicted octanol–water partition coefficient (Wildman–Crippen LogP) is 6.38. The molecule has 0 aliphatic rings. The summed E-state index contributed by atoms with van der Waals surface area (Å²) in [6, 6.07) is 47.8. The van der Waals surface area contributed by atoms with Crippen molar-refractivity contribution in [3.8, 4) is 0 Å². The van der Waals surface area contributed by atoms with E-state index < -0.39 is 19.7 Å². The minimum atomic E-state index is -2.38. The van der Waals surface area contributed by atoms with Crippen molar-refractivity contribution < 1.29 is 9.72 Å². The van der Waals surface area contributed by atoms with E-state index in [0.29, 0.717) is 5.56 Å². The van der Waals surface area contributed by atoms with Crippen LogP contribution in [0.5, 0.6) is 0 Å². The van der Waals surface area contributed by atoms with Crippen molar-refractivity contribution in [1.82, 2.24) is 0 Å². The molecule has 0 heterocycles. The summed E-state index contributed by atoms with van der Waals surface area (Å²) in [6.07, 6.45) is 1.68. The summed E-state index contributed by atoms with van der Waals surface area (Å²) in [4.78, 5) is 24.9. The molecule has 0 aromatic heterocycles. The molecule has 0 atom stereocenters. The Balaban J connectivity index is 1.67. The molecule has 0 saturated heterocycles. The Morgan fingerprint density at radius 3 is 1.62 bits per heavy atom. The van der Waals surface area contributed by atoms with Crippen LogP contribution in [0.4, 0.5) is 5.69 Å². The van der Waals surface area contributed by atoms with Gasteiger partial charge in [0.05, 0.1) is 4.92 Å². The van der Waals surface area contributed by atoms with E-state index in [1.54, 1.807) is 12.1 Å². The van der Waals surface area contributed by atoms with Crippen LogP contribution in [0, 0.1) is 10.1 Å². The highest BCUT2D eigenvalue weighted by Crippen LogP contribution is 2.48. The monoisotopic (exact) mass is 561 g/mol. The van der Waals surface area contributed by atoms with Crippen LogP contribution in [-0.2, 0) is 0 Å². The smallest absolute Gasteiger partial charge is 0.270 e. The lowest BCUT2D eigenvalue weighted by molar-refractivity contribution is -0.384. The minimum Gasteiger partial charge on any atom is -0.289 e. The van der Waals surface area contributed by atoms with E-state index in [1.165, 1.54) is 22.7 Å². The third-order valence-electron chi connectivity index (χ3n) is 6.93. The number of rotatable bonds is 10. The van der Waals surface area contributed by atoms with Crippen molar-refractivity contribution in [2.75, 3.05) is 12.3 Å². The molecule has 0 radical (unpaired) electrons. The van der Waals surface area contributed by atoms with Crippen molar-refractivity contribution in [2.45, 2.75) is 0 Å². The fourth-order valence-corrected chi connectivity index (χ4v) is 12.1. The van der Waals surface area contributed by atoms with Gasteiger partial charge in [0, 0.05) is 17.7 Å². The quantitative estimate of drug-likeness (QED) is 0.0861. The first-order valence-corrected chi connectivity index (χ1v) is 16.7. The van der Waals surface area contributed by atoms with Crippen LogP contribution < -0.4 is 21.2 Å². The molecular formula is C34H29NO3P2. The van der Waals surface area contributed by atoms with Gasteiger partial charge in [-0.25, -0.2) is 0 Å². The molecule has 198 valence electrons. The van der Waals surface area contributed by atoms with Gasteiger partial charge in [-0.15, -0.1) is 0 Å². The lowest BCUT2D eigenvalue weighted by Gasteiger charge is -2.30. The summed E-state index contributed by atoms with van der Waals surface area (Å²) in [6.45, 7) is -2.38. The normalized spacial score (nSPS) is 11.2. The van der Waals surface area contributed by atoms with Gasteiger partial charge in [-0.2, -0.15) is 0 Å². The fraction of sp³-hybridized carbons (Fsp3) is 0.0588. The Hall–Kier alpha value is -4.10.